The highest BCUT2D eigenvalue weighted by Crippen LogP contribution is 2.40. The van der Waals surface area contributed by atoms with Crippen molar-refractivity contribution < 1.29 is 9.53 Å². The Hall–Kier alpha value is -1.66. The Kier molecular flexibility index (Phi) is 6.16. The summed E-state index contributed by atoms with van der Waals surface area (Å²) < 4.78 is 4.75. The predicted octanol–water partition coefficient (Wildman–Crippen LogP) is 2.51. The molecule has 6 heteroatoms. The molecule has 1 atom stereocenters. The molecule has 0 bridgehead atoms. The molecular formula is C22H34N4O2. The number of rotatable bonds is 9. The van der Waals surface area contributed by atoms with Crippen molar-refractivity contribution >= 4 is 11.8 Å². The average Bonchev–Trinajstić information content (AvgIpc) is 3.53. The van der Waals surface area contributed by atoms with Gasteiger partial charge in [-0.1, -0.05) is 6.07 Å². The molecular weight excluding hydrogens is 352 g/mol. The second kappa shape index (κ2) is 8.78. The maximum atomic E-state index is 11.5. The van der Waals surface area contributed by atoms with E-state index in [1.165, 1.54) is 56.9 Å². The fourth-order valence-electron chi connectivity index (χ4n) is 4.69. The van der Waals surface area contributed by atoms with Gasteiger partial charge in [-0.3, -0.25) is 9.69 Å². The van der Waals surface area contributed by atoms with Crippen LogP contribution in [-0.2, 0) is 22.4 Å². The largest absolute Gasteiger partial charge is 0.468 e. The van der Waals surface area contributed by atoms with E-state index in [9.17, 15) is 4.79 Å². The normalized spacial score (nSPS) is 24.8. The molecule has 1 unspecified atom stereocenters. The first kappa shape index (κ1) is 19.6. The zero-order valence-corrected chi connectivity index (χ0v) is 17.0. The highest BCUT2D eigenvalue weighted by molar-refractivity contribution is 5.75. The Bertz CT molecular complexity index is 685. The van der Waals surface area contributed by atoms with E-state index >= 15 is 0 Å². The Morgan fingerprint density at radius 1 is 1.36 bits per heavy atom. The van der Waals surface area contributed by atoms with Crippen LogP contribution in [0.5, 0.6) is 0 Å². The van der Waals surface area contributed by atoms with Crippen LogP contribution in [0.2, 0.25) is 0 Å². The van der Waals surface area contributed by atoms with E-state index in [4.69, 9.17) is 15.5 Å². The summed E-state index contributed by atoms with van der Waals surface area (Å²) in [7, 11) is 1.41. The predicted molar refractivity (Wildman–Crippen MR) is 110 cm³/mol. The van der Waals surface area contributed by atoms with Crippen molar-refractivity contribution in [2.24, 2.45) is 11.7 Å². The SMILES string of the molecule is COC(=O)C(N)CCN(C1CC1)C1CC(CCc2ccc3c(n2)NCCC3)C1. The zero-order valence-electron chi connectivity index (χ0n) is 17.0. The molecule has 154 valence electrons. The molecule has 6 nitrogen and oxygen atoms in total. The highest BCUT2D eigenvalue weighted by atomic mass is 16.5. The second-order valence-corrected chi connectivity index (χ2v) is 8.76. The quantitative estimate of drug-likeness (QED) is 0.635. The van der Waals surface area contributed by atoms with Crippen molar-refractivity contribution in [3.8, 4) is 0 Å². The minimum Gasteiger partial charge on any atom is -0.468 e. The molecule has 0 amide bonds. The smallest absolute Gasteiger partial charge is 0.322 e. The summed E-state index contributed by atoms with van der Waals surface area (Å²) in [5, 5.41) is 3.43. The molecule has 28 heavy (non-hydrogen) atoms. The number of nitrogens with two attached hydrogens (primary N) is 1. The van der Waals surface area contributed by atoms with Gasteiger partial charge in [0.25, 0.3) is 0 Å². The van der Waals surface area contributed by atoms with E-state index in [-0.39, 0.29) is 5.97 Å². The first-order valence-corrected chi connectivity index (χ1v) is 11.0. The summed E-state index contributed by atoms with van der Waals surface area (Å²) in [5.41, 5.74) is 8.52. The van der Waals surface area contributed by atoms with Crippen LogP contribution in [0.1, 0.15) is 56.2 Å². The van der Waals surface area contributed by atoms with Gasteiger partial charge in [0.1, 0.15) is 11.9 Å². The van der Waals surface area contributed by atoms with Crippen LogP contribution in [0.3, 0.4) is 0 Å². The Balaban J connectivity index is 1.21. The molecule has 2 saturated carbocycles. The van der Waals surface area contributed by atoms with Crippen LogP contribution in [-0.4, -0.2) is 54.2 Å². The number of esters is 1. The lowest BCUT2D eigenvalue weighted by Crippen LogP contribution is -2.48. The molecule has 0 spiro atoms. The lowest BCUT2D eigenvalue weighted by Gasteiger charge is -2.43. The number of aromatic nitrogens is 1. The standard InChI is InChI=1S/C22H34N4O2/c1-28-22(27)20(23)10-12-26(18-8-9-18)19-13-15(14-19)4-6-17-7-5-16-3-2-11-24-21(16)25-17/h5,7,15,18-20H,2-4,6,8-14,23H2,1H3,(H,24,25). The number of methoxy groups -OCH3 is 1. The van der Waals surface area contributed by atoms with Gasteiger partial charge < -0.3 is 15.8 Å². The fraction of sp³-hybridized carbons (Fsp3) is 0.727. The first-order valence-electron chi connectivity index (χ1n) is 11.0. The molecule has 2 fully saturated rings. The summed E-state index contributed by atoms with van der Waals surface area (Å²) in [6, 6.07) is 5.36. The van der Waals surface area contributed by atoms with Gasteiger partial charge in [-0.05, 0) is 75.3 Å². The van der Waals surface area contributed by atoms with Crippen LogP contribution in [0, 0.1) is 5.92 Å². The van der Waals surface area contributed by atoms with Crippen molar-refractivity contribution in [3.63, 3.8) is 0 Å². The molecule has 2 aliphatic carbocycles. The van der Waals surface area contributed by atoms with E-state index in [1.54, 1.807) is 0 Å². The number of ether oxygens (including phenoxy) is 1. The maximum Gasteiger partial charge on any atom is 0.322 e. The minimum atomic E-state index is -0.495. The molecule has 2 heterocycles. The van der Waals surface area contributed by atoms with E-state index in [0.717, 1.165) is 37.7 Å². The number of nitrogens with zero attached hydrogens (tertiary/aromatic N) is 2. The second-order valence-electron chi connectivity index (χ2n) is 8.76. The molecule has 1 aromatic heterocycles. The number of fused-ring (bicyclic) bond motifs is 1. The summed E-state index contributed by atoms with van der Waals surface area (Å²) in [6.45, 7) is 1.96. The number of carbonyl (C=O) groups excluding carboxylic acids is 1. The van der Waals surface area contributed by atoms with Crippen LogP contribution < -0.4 is 11.1 Å². The minimum absolute atomic E-state index is 0.297. The van der Waals surface area contributed by atoms with Crippen molar-refractivity contribution in [2.75, 3.05) is 25.5 Å². The van der Waals surface area contributed by atoms with E-state index < -0.39 is 6.04 Å². The van der Waals surface area contributed by atoms with Gasteiger partial charge in [-0.15, -0.1) is 0 Å². The zero-order chi connectivity index (χ0) is 19.5. The van der Waals surface area contributed by atoms with E-state index in [0.29, 0.717) is 18.5 Å². The lowest BCUT2D eigenvalue weighted by molar-refractivity contribution is -0.142. The van der Waals surface area contributed by atoms with Gasteiger partial charge >= 0.3 is 5.97 Å². The van der Waals surface area contributed by atoms with Crippen LogP contribution >= 0.6 is 0 Å². The van der Waals surface area contributed by atoms with Crippen molar-refractivity contribution in [1.29, 1.82) is 0 Å². The Morgan fingerprint density at radius 3 is 2.93 bits per heavy atom. The molecule has 3 aliphatic rings. The topological polar surface area (TPSA) is 80.5 Å². The average molecular weight is 387 g/mol. The summed E-state index contributed by atoms with van der Waals surface area (Å²) in [5.74, 6) is 1.61. The number of carbonyl (C=O) groups is 1. The summed E-state index contributed by atoms with van der Waals surface area (Å²) >= 11 is 0. The van der Waals surface area contributed by atoms with Gasteiger partial charge in [0.15, 0.2) is 0 Å². The molecule has 0 aromatic carbocycles. The number of pyridine rings is 1. The number of hydrogen-bond donors (Lipinski definition) is 2. The third kappa shape index (κ3) is 4.66. The van der Waals surface area contributed by atoms with Crippen LogP contribution in [0.4, 0.5) is 5.82 Å². The van der Waals surface area contributed by atoms with Crippen LogP contribution in [0.25, 0.3) is 0 Å². The third-order valence-corrected chi connectivity index (χ3v) is 6.66. The van der Waals surface area contributed by atoms with Crippen molar-refractivity contribution in [1.82, 2.24) is 9.88 Å². The molecule has 0 saturated heterocycles. The van der Waals surface area contributed by atoms with Gasteiger partial charge in [0.05, 0.1) is 7.11 Å². The summed E-state index contributed by atoms with van der Waals surface area (Å²) in [4.78, 5) is 19.0. The lowest BCUT2D eigenvalue weighted by atomic mass is 9.76. The monoisotopic (exact) mass is 386 g/mol. The van der Waals surface area contributed by atoms with Crippen molar-refractivity contribution in [3.05, 3.63) is 23.4 Å². The highest BCUT2D eigenvalue weighted by Gasteiger charge is 2.40. The number of aryl methyl sites for hydroxylation is 2. The first-order chi connectivity index (χ1) is 13.6. The number of anilines is 1. The fourth-order valence-corrected chi connectivity index (χ4v) is 4.69. The third-order valence-electron chi connectivity index (χ3n) is 6.66. The van der Waals surface area contributed by atoms with Gasteiger partial charge in [0.2, 0.25) is 0 Å². The van der Waals surface area contributed by atoms with Crippen LogP contribution in [0.15, 0.2) is 12.1 Å². The van der Waals surface area contributed by atoms with E-state index in [2.05, 4.69) is 22.3 Å². The molecule has 4 rings (SSSR count). The molecule has 1 aromatic rings. The van der Waals surface area contributed by atoms with Gasteiger partial charge in [-0.25, -0.2) is 4.98 Å². The molecule has 0 radical (unpaired) electrons. The number of nitrogens with one attached hydrogen (secondary N) is 1. The maximum absolute atomic E-state index is 11.5. The molecule has 3 N–H and O–H groups in total. The summed E-state index contributed by atoms with van der Waals surface area (Å²) in [6.07, 6.45) is 10.5. The molecule has 1 aliphatic heterocycles. The Labute approximate surface area is 168 Å². The van der Waals surface area contributed by atoms with Gasteiger partial charge in [-0.2, -0.15) is 0 Å². The van der Waals surface area contributed by atoms with Crippen molar-refractivity contribution in [2.45, 2.75) is 75.9 Å². The number of hydrogen-bond acceptors (Lipinski definition) is 6. The Morgan fingerprint density at radius 2 is 2.18 bits per heavy atom. The van der Waals surface area contributed by atoms with Gasteiger partial charge in [0, 0.05) is 30.9 Å². The van der Waals surface area contributed by atoms with E-state index in [1.807, 2.05) is 0 Å².